The first kappa shape index (κ1) is 16.5. The molecule has 0 saturated heterocycles. The zero-order chi connectivity index (χ0) is 15.2. The van der Waals surface area contributed by atoms with Crippen LogP contribution in [0.25, 0.3) is 0 Å². The van der Waals surface area contributed by atoms with Crippen molar-refractivity contribution < 1.29 is 9.53 Å². The smallest absolute Gasteiger partial charge is 0.308 e. The number of carbonyl (C=O) groups is 1. The monoisotopic (exact) mass is 353 g/mol. The van der Waals surface area contributed by atoms with Crippen LogP contribution in [0.3, 0.4) is 0 Å². The molecular weight excluding hydrogens is 330 g/mol. The average Bonchev–Trinajstić information content (AvgIpc) is 2.48. The van der Waals surface area contributed by atoms with E-state index in [1.54, 1.807) is 0 Å². The summed E-state index contributed by atoms with van der Waals surface area (Å²) in [5, 5.41) is 3.66. The summed E-state index contributed by atoms with van der Waals surface area (Å²) in [5.41, 5.74) is 1.27. The number of benzene rings is 1. The van der Waals surface area contributed by atoms with Gasteiger partial charge in [-0.3, -0.25) is 4.79 Å². The fraction of sp³-hybridized carbons (Fsp3) is 0.588. The van der Waals surface area contributed by atoms with Gasteiger partial charge in [-0.15, -0.1) is 0 Å². The highest BCUT2D eigenvalue weighted by atomic mass is 79.9. The Kier molecular flexibility index (Phi) is 6.24. The number of esters is 1. The highest BCUT2D eigenvalue weighted by Gasteiger charge is 2.28. The van der Waals surface area contributed by atoms with E-state index in [2.05, 4.69) is 46.4 Å². The van der Waals surface area contributed by atoms with Gasteiger partial charge in [-0.05, 0) is 50.8 Å². The van der Waals surface area contributed by atoms with Crippen molar-refractivity contribution in [3.8, 4) is 0 Å². The van der Waals surface area contributed by atoms with E-state index in [1.807, 2.05) is 13.0 Å². The minimum absolute atomic E-state index is 0.0286. The molecule has 3 unspecified atom stereocenters. The summed E-state index contributed by atoms with van der Waals surface area (Å²) in [7, 11) is 0. The standard InChI is InChI=1S/C17H24BrNO2/c1-3-21-17(20)14-7-5-9-16(11-14)19-12(2)13-6-4-8-15(18)10-13/h4,6,8,10,12,14,16,19H,3,5,7,9,11H2,1-2H3. The molecule has 1 aromatic carbocycles. The number of hydrogen-bond acceptors (Lipinski definition) is 3. The largest absolute Gasteiger partial charge is 0.466 e. The molecule has 1 aromatic rings. The molecule has 1 saturated carbocycles. The van der Waals surface area contributed by atoms with Crippen LogP contribution in [-0.4, -0.2) is 18.6 Å². The van der Waals surface area contributed by atoms with Crippen molar-refractivity contribution in [2.75, 3.05) is 6.61 Å². The molecule has 2 rings (SSSR count). The molecule has 0 aliphatic heterocycles. The second kappa shape index (κ2) is 7.95. The lowest BCUT2D eigenvalue weighted by molar-refractivity contribution is -0.149. The van der Waals surface area contributed by atoms with Crippen molar-refractivity contribution in [3.05, 3.63) is 34.3 Å². The van der Waals surface area contributed by atoms with Crippen LogP contribution in [0, 0.1) is 5.92 Å². The highest BCUT2D eigenvalue weighted by molar-refractivity contribution is 9.10. The summed E-state index contributed by atoms with van der Waals surface area (Å²) in [6.45, 7) is 4.52. The molecule has 1 N–H and O–H groups in total. The fourth-order valence-electron chi connectivity index (χ4n) is 3.04. The van der Waals surface area contributed by atoms with Crippen molar-refractivity contribution in [2.45, 2.75) is 51.6 Å². The van der Waals surface area contributed by atoms with E-state index in [1.165, 1.54) is 5.56 Å². The van der Waals surface area contributed by atoms with E-state index in [-0.39, 0.29) is 17.9 Å². The lowest BCUT2D eigenvalue weighted by Gasteiger charge is -2.31. The molecule has 4 heteroatoms. The number of hydrogen-bond donors (Lipinski definition) is 1. The van der Waals surface area contributed by atoms with E-state index < -0.39 is 0 Å². The van der Waals surface area contributed by atoms with Gasteiger partial charge in [0.25, 0.3) is 0 Å². The predicted octanol–water partition coefficient (Wildman–Crippen LogP) is 4.22. The van der Waals surface area contributed by atoms with Crippen LogP contribution < -0.4 is 5.32 Å². The molecule has 1 fully saturated rings. The maximum Gasteiger partial charge on any atom is 0.308 e. The maximum absolute atomic E-state index is 11.9. The van der Waals surface area contributed by atoms with Gasteiger partial charge >= 0.3 is 5.97 Å². The Morgan fingerprint density at radius 3 is 3.00 bits per heavy atom. The number of ether oxygens (including phenoxy) is 1. The Hall–Kier alpha value is -0.870. The van der Waals surface area contributed by atoms with Gasteiger partial charge in [-0.25, -0.2) is 0 Å². The van der Waals surface area contributed by atoms with Gasteiger partial charge in [-0.2, -0.15) is 0 Å². The third kappa shape index (κ3) is 4.82. The normalized spacial score (nSPS) is 23.6. The molecule has 0 heterocycles. The minimum atomic E-state index is -0.0286. The second-order valence-corrected chi connectivity index (χ2v) is 6.67. The average molecular weight is 354 g/mol. The van der Waals surface area contributed by atoms with E-state index in [4.69, 9.17) is 4.74 Å². The van der Waals surface area contributed by atoms with Gasteiger partial charge in [0.2, 0.25) is 0 Å². The van der Waals surface area contributed by atoms with Crippen molar-refractivity contribution in [2.24, 2.45) is 5.92 Å². The van der Waals surface area contributed by atoms with Crippen LogP contribution in [-0.2, 0) is 9.53 Å². The Bertz CT molecular complexity index is 478. The molecular formula is C17H24BrNO2. The van der Waals surface area contributed by atoms with Crippen molar-refractivity contribution in [3.63, 3.8) is 0 Å². The second-order valence-electron chi connectivity index (χ2n) is 5.76. The molecule has 1 aliphatic carbocycles. The summed E-state index contributed by atoms with van der Waals surface area (Å²) in [6, 6.07) is 9.04. The summed E-state index contributed by atoms with van der Waals surface area (Å²) in [5.74, 6) is 0.0324. The molecule has 0 radical (unpaired) electrons. The first-order valence-electron chi connectivity index (χ1n) is 7.78. The van der Waals surface area contributed by atoms with Gasteiger partial charge in [0.1, 0.15) is 0 Å². The molecule has 0 spiro atoms. The number of halogens is 1. The predicted molar refractivity (Wildman–Crippen MR) is 88.1 cm³/mol. The first-order chi connectivity index (χ1) is 10.1. The van der Waals surface area contributed by atoms with Crippen molar-refractivity contribution in [1.82, 2.24) is 5.32 Å². The third-order valence-corrected chi connectivity index (χ3v) is 4.62. The van der Waals surface area contributed by atoms with Crippen LogP contribution >= 0.6 is 15.9 Å². The summed E-state index contributed by atoms with van der Waals surface area (Å²) < 4.78 is 6.26. The zero-order valence-corrected chi connectivity index (χ0v) is 14.4. The number of nitrogens with one attached hydrogen (secondary N) is 1. The first-order valence-corrected chi connectivity index (χ1v) is 8.57. The maximum atomic E-state index is 11.9. The van der Waals surface area contributed by atoms with Gasteiger partial charge in [0.15, 0.2) is 0 Å². The van der Waals surface area contributed by atoms with E-state index in [9.17, 15) is 4.79 Å². The summed E-state index contributed by atoms with van der Waals surface area (Å²) in [6.07, 6.45) is 4.07. The van der Waals surface area contributed by atoms with Crippen molar-refractivity contribution in [1.29, 1.82) is 0 Å². The number of carbonyl (C=O) groups excluding carboxylic acids is 1. The Morgan fingerprint density at radius 2 is 2.29 bits per heavy atom. The van der Waals surface area contributed by atoms with Crippen molar-refractivity contribution >= 4 is 21.9 Å². The SMILES string of the molecule is CCOC(=O)C1CCCC(NC(C)c2cccc(Br)c2)C1. The molecule has 1 aliphatic rings. The van der Waals surface area contributed by atoms with Crippen LogP contribution in [0.15, 0.2) is 28.7 Å². The molecule has 3 atom stereocenters. The summed E-state index contributed by atoms with van der Waals surface area (Å²) in [4.78, 5) is 11.9. The quantitative estimate of drug-likeness (QED) is 0.805. The Morgan fingerprint density at radius 1 is 1.48 bits per heavy atom. The minimum Gasteiger partial charge on any atom is -0.466 e. The van der Waals surface area contributed by atoms with Gasteiger partial charge in [0.05, 0.1) is 12.5 Å². The van der Waals surface area contributed by atoms with Gasteiger partial charge in [0, 0.05) is 16.6 Å². The highest BCUT2D eigenvalue weighted by Crippen LogP contribution is 2.27. The van der Waals surface area contributed by atoms with Gasteiger partial charge < -0.3 is 10.1 Å². The van der Waals surface area contributed by atoms with E-state index in [0.29, 0.717) is 12.6 Å². The van der Waals surface area contributed by atoms with Crippen LogP contribution in [0.5, 0.6) is 0 Å². The van der Waals surface area contributed by atoms with Crippen LogP contribution in [0.4, 0.5) is 0 Å². The molecule has 0 amide bonds. The lowest BCUT2D eigenvalue weighted by atomic mass is 9.85. The third-order valence-electron chi connectivity index (χ3n) is 4.13. The molecule has 3 nitrogen and oxygen atoms in total. The van der Waals surface area contributed by atoms with Crippen LogP contribution in [0.1, 0.15) is 51.1 Å². The van der Waals surface area contributed by atoms with E-state index in [0.717, 1.165) is 30.2 Å². The fourth-order valence-corrected chi connectivity index (χ4v) is 3.46. The molecule has 0 aromatic heterocycles. The molecule has 21 heavy (non-hydrogen) atoms. The summed E-state index contributed by atoms with van der Waals surface area (Å²) >= 11 is 3.51. The van der Waals surface area contributed by atoms with Crippen LogP contribution in [0.2, 0.25) is 0 Å². The lowest BCUT2D eigenvalue weighted by Crippen LogP contribution is -2.38. The zero-order valence-electron chi connectivity index (χ0n) is 12.8. The van der Waals surface area contributed by atoms with E-state index >= 15 is 0 Å². The molecule has 0 bridgehead atoms. The molecule has 116 valence electrons. The Labute approximate surface area is 135 Å². The van der Waals surface area contributed by atoms with Gasteiger partial charge in [-0.1, -0.05) is 34.5 Å². The Balaban J connectivity index is 1.91. The number of rotatable bonds is 5. The topological polar surface area (TPSA) is 38.3 Å².